The molecule has 2 rings (SSSR count). The van der Waals surface area contributed by atoms with Crippen LogP contribution in [0.3, 0.4) is 0 Å². The van der Waals surface area contributed by atoms with Crippen LogP contribution in [0.2, 0.25) is 0 Å². The smallest absolute Gasteiger partial charge is 0.0271 e. The molecule has 0 fully saturated rings. The highest BCUT2D eigenvalue weighted by Gasteiger charge is 1.94. The molecule has 0 atom stereocenters. The summed E-state index contributed by atoms with van der Waals surface area (Å²) in [6.07, 6.45) is 5.74. The number of thioether (sulfide) groups is 1. The predicted octanol–water partition coefficient (Wildman–Crippen LogP) is 3.94. The predicted molar refractivity (Wildman–Crippen MR) is 87.5 cm³/mol. The maximum Gasteiger partial charge on any atom is 0.0271 e. The Morgan fingerprint density at radius 1 is 0.895 bits per heavy atom. The van der Waals surface area contributed by atoms with Gasteiger partial charge in [-0.1, -0.05) is 12.1 Å². The highest BCUT2D eigenvalue weighted by molar-refractivity contribution is 7.98. The van der Waals surface area contributed by atoms with Gasteiger partial charge in [-0.25, -0.2) is 0 Å². The first-order valence-corrected chi connectivity index (χ1v) is 6.83. The van der Waals surface area contributed by atoms with Crippen LogP contribution in [-0.2, 0) is 13.1 Å². The number of nitrogens with one attached hydrogen (secondary N) is 1. The van der Waals surface area contributed by atoms with E-state index in [9.17, 15) is 0 Å². The Kier molecular flexibility index (Phi) is 9.70. The first kappa shape index (κ1) is 18.3. The Hall–Kier alpha value is -0.740. The second-order valence-corrected chi connectivity index (χ2v) is 4.69. The van der Waals surface area contributed by atoms with Crippen LogP contribution in [0.25, 0.3) is 0 Å². The number of benzene rings is 1. The topological polar surface area (TPSA) is 24.9 Å². The zero-order chi connectivity index (χ0) is 11.9. The van der Waals surface area contributed by atoms with Crippen molar-refractivity contribution in [3.8, 4) is 0 Å². The van der Waals surface area contributed by atoms with Crippen molar-refractivity contribution in [3.05, 3.63) is 59.9 Å². The molecule has 0 saturated heterocycles. The summed E-state index contributed by atoms with van der Waals surface area (Å²) in [6.45, 7) is 1.78. The van der Waals surface area contributed by atoms with Gasteiger partial charge in [-0.3, -0.25) is 4.98 Å². The zero-order valence-electron chi connectivity index (χ0n) is 10.7. The van der Waals surface area contributed by atoms with E-state index in [0.29, 0.717) is 0 Å². The van der Waals surface area contributed by atoms with E-state index in [0.717, 1.165) is 13.1 Å². The summed E-state index contributed by atoms with van der Waals surface area (Å²) in [5.74, 6) is 0. The van der Waals surface area contributed by atoms with Crippen molar-refractivity contribution in [1.29, 1.82) is 0 Å². The number of rotatable bonds is 5. The van der Waals surface area contributed by atoms with E-state index in [1.165, 1.54) is 16.0 Å². The van der Waals surface area contributed by atoms with Gasteiger partial charge in [-0.05, 0) is 41.6 Å². The molecule has 0 bridgehead atoms. The minimum Gasteiger partial charge on any atom is -0.309 e. The second kappa shape index (κ2) is 10.1. The summed E-state index contributed by atoms with van der Waals surface area (Å²) in [5, 5.41) is 3.42. The van der Waals surface area contributed by atoms with E-state index in [1.54, 1.807) is 11.8 Å². The molecule has 0 amide bonds. The van der Waals surface area contributed by atoms with Gasteiger partial charge in [0.25, 0.3) is 0 Å². The SMILES string of the molecule is CSc1ccc(CNCc2ccncc2)cc1.Cl.Cl. The molecule has 19 heavy (non-hydrogen) atoms. The molecular weight excluding hydrogens is 299 g/mol. The fourth-order valence-corrected chi connectivity index (χ4v) is 2.00. The summed E-state index contributed by atoms with van der Waals surface area (Å²) in [4.78, 5) is 5.31. The Balaban J connectivity index is 0.00000162. The van der Waals surface area contributed by atoms with Crippen molar-refractivity contribution in [2.75, 3.05) is 6.26 Å². The standard InChI is InChI=1S/C14H16N2S.2ClH/c1-17-14-4-2-12(3-5-14)10-16-11-13-6-8-15-9-7-13;;/h2-9,16H,10-11H2,1H3;2*1H. The number of halogens is 2. The zero-order valence-corrected chi connectivity index (χ0v) is 13.2. The molecule has 0 aliphatic carbocycles. The average Bonchev–Trinajstić information content (AvgIpc) is 2.41. The van der Waals surface area contributed by atoms with E-state index >= 15 is 0 Å². The van der Waals surface area contributed by atoms with Crippen LogP contribution in [0.5, 0.6) is 0 Å². The van der Waals surface area contributed by atoms with E-state index in [2.05, 4.69) is 40.8 Å². The number of hydrogen-bond acceptors (Lipinski definition) is 3. The Bertz CT molecular complexity index is 449. The maximum atomic E-state index is 4.00. The molecule has 0 aliphatic heterocycles. The third-order valence-electron chi connectivity index (χ3n) is 2.57. The lowest BCUT2D eigenvalue weighted by molar-refractivity contribution is 0.692. The number of aromatic nitrogens is 1. The van der Waals surface area contributed by atoms with Crippen LogP contribution < -0.4 is 5.32 Å². The van der Waals surface area contributed by atoms with Crippen LogP contribution in [0.1, 0.15) is 11.1 Å². The lowest BCUT2D eigenvalue weighted by Crippen LogP contribution is -2.12. The van der Waals surface area contributed by atoms with Crippen LogP contribution in [0.15, 0.2) is 53.7 Å². The van der Waals surface area contributed by atoms with Gasteiger partial charge >= 0.3 is 0 Å². The summed E-state index contributed by atoms with van der Waals surface area (Å²) >= 11 is 1.77. The summed E-state index contributed by atoms with van der Waals surface area (Å²) in [7, 11) is 0. The summed E-state index contributed by atoms with van der Waals surface area (Å²) < 4.78 is 0. The number of hydrogen-bond donors (Lipinski definition) is 1. The van der Waals surface area contributed by atoms with Crippen molar-refractivity contribution in [1.82, 2.24) is 10.3 Å². The third-order valence-corrected chi connectivity index (χ3v) is 3.31. The first-order chi connectivity index (χ1) is 8.38. The van der Waals surface area contributed by atoms with Gasteiger partial charge in [0, 0.05) is 30.4 Å². The Morgan fingerprint density at radius 3 is 1.95 bits per heavy atom. The number of pyridine rings is 1. The van der Waals surface area contributed by atoms with Crippen LogP contribution in [-0.4, -0.2) is 11.2 Å². The lowest BCUT2D eigenvalue weighted by atomic mass is 10.2. The lowest BCUT2D eigenvalue weighted by Gasteiger charge is -2.05. The van der Waals surface area contributed by atoms with Crippen molar-refractivity contribution in [3.63, 3.8) is 0 Å². The van der Waals surface area contributed by atoms with E-state index < -0.39 is 0 Å². The second-order valence-electron chi connectivity index (χ2n) is 3.81. The molecule has 104 valence electrons. The quantitative estimate of drug-likeness (QED) is 0.846. The highest BCUT2D eigenvalue weighted by Crippen LogP contribution is 2.14. The molecule has 0 aliphatic rings. The maximum absolute atomic E-state index is 4.00. The minimum atomic E-state index is 0. The fraction of sp³-hybridized carbons (Fsp3) is 0.214. The van der Waals surface area contributed by atoms with Crippen molar-refractivity contribution in [2.24, 2.45) is 0 Å². The molecule has 0 saturated carbocycles. The average molecular weight is 317 g/mol. The molecule has 2 nitrogen and oxygen atoms in total. The van der Waals surface area contributed by atoms with Gasteiger partial charge < -0.3 is 5.32 Å². The minimum absolute atomic E-state index is 0. The van der Waals surface area contributed by atoms with Gasteiger partial charge in [0.15, 0.2) is 0 Å². The van der Waals surface area contributed by atoms with Crippen LogP contribution in [0, 0.1) is 0 Å². The first-order valence-electron chi connectivity index (χ1n) is 5.61. The van der Waals surface area contributed by atoms with Gasteiger partial charge in [0.05, 0.1) is 0 Å². The molecule has 1 heterocycles. The summed E-state index contributed by atoms with van der Waals surface area (Å²) in [6, 6.07) is 12.7. The molecule has 0 spiro atoms. The normalized spacial score (nSPS) is 9.32. The Morgan fingerprint density at radius 2 is 1.42 bits per heavy atom. The van der Waals surface area contributed by atoms with Gasteiger partial charge in [-0.2, -0.15) is 0 Å². The largest absolute Gasteiger partial charge is 0.309 e. The van der Waals surface area contributed by atoms with Crippen LogP contribution >= 0.6 is 36.6 Å². The fourth-order valence-electron chi connectivity index (χ4n) is 1.60. The molecule has 1 aromatic heterocycles. The van der Waals surface area contributed by atoms with Gasteiger partial charge in [0.1, 0.15) is 0 Å². The Labute approximate surface area is 131 Å². The van der Waals surface area contributed by atoms with Crippen molar-refractivity contribution < 1.29 is 0 Å². The molecular formula is C14H18Cl2N2S. The molecule has 1 aromatic carbocycles. The van der Waals surface area contributed by atoms with Gasteiger partial charge in [-0.15, -0.1) is 36.6 Å². The molecule has 2 aromatic rings. The van der Waals surface area contributed by atoms with Gasteiger partial charge in [0.2, 0.25) is 0 Å². The molecule has 1 N–H and O–H groups in total. The molecule has 0 unspecified atom stereocenters. The van der Waals surface area contributed by atoms with E-state index in [1.807, 2.05) is 24.5 Å². The van der Waals surface area contributed by atoms with Crippen LogP contribution in [0.4, 0.5) is 0 Å². The third kappa shape index (κ3) is 6.30. The summed E-state index contributed by atoms with van der Waals surface area (Å²) in [5.41, 5.74) is 2.58. The van der Waals surface area contributed by atoms with E-state index in [4.69, 9.17) is 0 Å². The molecule has 0 radical (unpaired) electrons. The van der Waals surface area contributed by atoms with E-state index in [-0.39, 0.29) is 24.8 Å². The number of nitrogens with zero attached hydrogens (tertiary/aromatic N) is 1. The van der Waals surface area contributed by atoms with Crippen molar-refractivity contribution >= 4 is 36.6 Å². The molecule has 5 heteroatoms. The highest BCUT2D eigenvalue weighted by atomic mass is 35.5. The van der Waals surface area contributed by atoms with Crippen molar-refractivity contribution in [2.45, 2.75) is 18.0 Å². The monoisotopic (exact) mass is 316 g/mol.